The van der Waals surface area contributed by atoms with Crippen LogP contribution in [0.25, 0.3) is 0 Å². The van der Waals surface area contributed by atoms with Gasteiger partial charge in [0.05, 0.1) is 0 Å². The largest absolute Gasteiger partial charge is 0.340 e. The number of piperidine rings is 1. The zero-order chi connectivity index (χ0) is 14.7. The second-order valence-corrected chi connectivity index (χ2v) is 5.85. The highest BCUT2D eigenvalue weighted by Crippen LogP contribution is 2.20. The Kier molecular flexibility index (Phi) is 4.20. The van der Waals surface area contributed by atoms with Crippen molar-refractivity contribution in [1.29, 1.82) is 0 Å². The molecule has 0 atom stereocenters. The number of hydrogen-bond acceptors (Lipinski definition) is 4. The van der Waals surface area contributed by atoms with Crippen molar-refractivity contribution in [3.8, 4) is 0 Å². The van der Waals surface area contributed by atoms with Gasteiger partial charge in [0.25, 0.3) is 0 Å². The minimum atomic E-state index is 0.659. The van der Waals surface area contributed by atoms with E-state index in [1.807, 2.05) is 0 Å². The van der Waals surface area contributed by atoms with Gasteiger partial charge in [-0.3, -0.25) is 5.10 Å². The minimum absolute atomic E-state index is 0.659. The molecule has 0 spiro atoms. The van der Waals surface area contributed by atoms with Gasteiger partial charge in [0.2, 0.25) is 5.95 Å². The van der Waals surface area contributed by atoms with Crippen LogP contribution in [0.3, 0.4) is 0 Å². The maximum atomic E-state index is 5.74. The fourth-order valence-corrected chi connectivity index (χ4v) is 2.86. The van der Waals surface area contributed by atoms with E-state index in [9.17, 15) is 0 Å². The molecule has 1 aliphatic heterocycles. The predicted octanol–water partition coefficient (Wildman–Crippen LogP) is 1.88. The molecule has 21 heavy (non-hydrogen) atoms. The first-order valence-corrected chi connectivity index (χ1v) is 7.67. The number of H-pyrrole nitrogens is 1. The Labute approximate surface area is 125 Å². The molecular formula is C16H23N5. The number of anilines is 1. The molecule has 3 rings (SSSR count). The predicted molar refractivity (Wildman–Crippen MR) is 84.4 cm³/mol. The zero-order valence-electron chi connectivity index (χ0n) is 12.5. The van der Waals surface area contributed by atoms with Gasteiger partial charge < -0.3 is 10.6 Å². The van der Waals surface area contributed by atoms with Gasteiger partial charge in [-0.1, -0.05) is 24.3 Å². The van der Waals surface area contributed by atoms with Crippen molar-refractivity contribution in [2.24, 2.45) is 11.7 Å². The number of nitrogens with one attached hydrogen (secondary N) is 1. The van der Waals surface area contributed by atoms with Gasteiger partial charge in [-0.25, -0.2) is 0 Å². The average molecular weight is 285 g/mol. The third kappa shape index (κ3) is 3.24. The summed E-state index contributed by atoms with van der Waals surface area (Å²) in [4.78, 5) is 6.90. The van der Waals surface area contributed by atoms with Crippen molar-refractivity contribution in [2.75, 3.05) is 24.5 Å². The zero-order valence-corrected chi connectivity index (χ0v) is 12.5. The Hall–Kier alpha value is -1.88. The van der Waals surface area contributed by atoms with Gasteiger partial charge in [-0.05, 0) is 43.4 Å². The van der Waals surface area contributed by atoms with E-state index in [-0.39, 0.29) is 0 Å². The molecule has 0 radical (unpaired) electrons. The summed E-state index contributed by atoms with van der Waals surface area (Å²) < 4.78 is 0. The van der Waals surface area contributed by atoms with Crippen molar-refractivity contribution >= 4 is 5.95 Å². The molecule has 112 valence electrons. The van der Waals surface area contributed by atoms with Crippen LogP contribution in [-0.2, 0) is 6.42 Å². The van der Waals surface area contributed by atoms with Crippen molar-refractivity contribution in [2.45, 2.75) is 26.2 Å². The SMILES string of the molecule is Cc1ccccc1Cc1nc(N2CCC(CN)CC2)n[nH]1. The highest BCUT2D eigenvalue weighted by molar-refractivity contribution is 5.32. The van der Waals surface area contributed by atoms with E-state index in [1.165, 1.54) is 11.1 Å². The van der Waals surface area contributed by atoms with Crippen molar-refractivity contribution < 1.29 is 0 Å². The number of nitrogens with two attached hydrogens (primary N) is 1. The molecule has 5 nitrogen and oxygen atoms in total. The van der Waals surface area contributed by atoms with Crippen molar-refractivity contribution in [1.82, 2.24) is 15.2 Å². The van der Waals surface area contributed by atoms with E-state index < -0.39 is 0 Å². The number of rotatable bonds is 4. The first-order chi connectivity index (χ1) is 10.3. The van der Waals surface area contributed by atoms with Gasteiger partial charge in [0.1, 0.15) is 5.82 Å². The first kappa shape index (κ1) is 14.1. The van der Waals surface area contributed by atoms with Crippen molar-refractivity contribution in [3.05, 3.63) is 41.2 Å². The lowest BCUT2D eigenvalue weighted by atomic mass is 9.97. The molecule has 0 amide bonds. The highest BCUT2D eigenvalue weighted by Gasteiger charge is 2.20. The molecule has 0 unspecified atom stereocenters. The van der Waals surface area contributed by atoms with E-state index in [0.717, 1.165) is 50.7 Å². The molecule has 1 fully saturated rings. The summed E-state index contributed by atoms with van der Waals surface area (Å²) in [6, 6.07) is 8.40. The molecule has 1 aromatic carbocycles. The smallest absolute Gasteiger partial charge is 0.244 e. The molecule has 1 saturated heterocycles. The summed E-state index contributed by atoms with van der Waals surface area (Å²) in [5.41, 5.74) is 8.32. The number of nitrogens with zero attached hydrogens (tertiary/aromatic N) is 3. The molecule has 0 saturated carbocycles. The number of aromatic amines is 1. The summed E-state index contributed by atoms with van der Waals surface area (Å²) >= 11 is 0. The normalized spacial score (nSPS) is 16.4. The van der Waals surface area contributed by atoms with E-state index >= 15 is 0 Å². The van der Waals surface area contributed by atoms with E-state index in [1.54, 1.807) is 0 Å². The number of aryl methyl sites for hydroxylation is 1. The fourth-order valence-electron chi connectivity index (χ4n) is 2.86. The van der Waals surface area contributed by atoms with Gasteiger partial charge in [-0.15, -0.1) is 5.10 Å². The summed E-state index contributed by atoms with van der Waals surface area (Å²) in [6.07, 6.45) is 3.08. The molecule has 3 N–H and O–H groups in total. The third-order valence-electron chi connectivity index (χ3n) is 4.37. The molecule has 5 heteroatoms. The first-order valence-electron chi connectivity index (χ1n) is 7.67. The quantitative estimate of drug-likeness (QED) is 0.900. The molecular weight excluding hydrogens is 262 g/mol. The van der Waals surface area contributed by atoms with E-state index in [0.29, 0.717) is 5.92 Å². The maximum absolute atomic E-state index is 5.74. The lowest BCUT2D eigenvalue weighted by molar-refractivity contribution is 0.411. The molecule has 0 aliphatic carbocycles. The third-order valence-corrected chi connectivity index (χ3v) is 4.37. The molecule has 1 aromatic heterocycles. The summed E-state index contributed by atoms with van der Waals surface area (Å²) in [7, 11) is 0. The summed E-state index contributed by atoms with van der Waals surface area (Å²) in [5, 5.41) is 7.45. The standard InChI is InChI=1S/C16H23N5/c1-12-4-2-3-5-14(12)10-15-18-16(20-19-15)21-8-6-13(11-17)7-9-21/h2-5,13H,6-11,17H2,1H3,(H,18,19,20). The van der Waals surface area contributed by atoms with Crippen LogP contribution in [0.2, 0.25) is 0 Å². The molecule has 2 aromatic rings. The lowest BCUT2D eigenvalue weighted by Gasteiger charge is -2.30. The van der Waals surface area contributed by atoms with Crippen LogP contribution in [0.15, 0.2) is 24.3 Å². The number of hydrogen-bond donors (Lipinski definition) is 2. The monoisotopic (exact) mass is 285 g/mol. The Bertz CT molecular complexity index is 584. The Morgan fingerprint density at radius 2 is 2.05 bits per heavy atom. The molecule has 0 bridgehead atoms. The van der Waals surface area contributed by atoms with Gasteiger partial charge >= 0.3 is 0 Å². The number of benzene rings is 1. The van der Waals surface area contributed by atoms with Crippen LogP contribution in [0.5, 0.6) is 0 Å². The van der Waals surface area contributed by atoms with Crippen LogP contribution in [-0.4, -0.2) is 34.8 Å². The maximum Gasteiger partial charge on any atom is 0.244 e. The second kappa shape index (κ2) is 6.26. The fraction of sp³-hybridized carbons (Fsp3) is 0.500. The van der Waals surface area contributed by atoms with Gasteiger partial charge in [0.15, 0.2) is 0 Å². The number of aromatic nitrogens is 3. The second-order valence-electron chi connectivity index (χ2n) is 5.85. The van der Waals surface area contributed by atoms with Crippen LogP contribution in [0.1, 0.15) is 29.8 Å². The Morgan fingerprint density at radius 3 is 2.76 bits per heavy atom. The summed E-state index contributed by atoms with van der Waals surface area (Å²) in [5.74, 6) is 2.42. The van der Waals surface area contributed by atoms with Crippen LogP contribution < -0.4 is 10.6 Å². The van der Waals surface area contributed by atoms with Crippen LogP contribution in [0, 0.1) is 12.8 Å². The van der Waals surface area contributed by atoms with Crippen LogP contribution in [0.4, 0.5) is 5.95 Å². The van der Waals surface area contributed by atoms with Crippen LogP contribution >= 0.6 is 0 Å². The van der Waals surface area contributed by atoms with Gasteiger partial charge in [0, 0.05) is 19.5 Å². The molecule has 2 heterocycles. The Balaban J connectivity index is 1.65. The van der Waals surface area contributed by atoms with E-state index in [4.69, 9.17) is 5.73 Å². The Morgan fingerprint density at radius 1 is 1.29 bits per heavy atom. The topological polar surface area (TPSA) is 70.8 Å². The summed E-state index contributed by atoms with van der Waals surface area (Å²) in [6.45, 7) is 4.93. The van der Waals surface area contributed by atoms with E-state index in [2.05, 4.69) is 51.3 Å². The highest BCUT2D eigenvalue weighted by atomic mass is 15.4. The minimum Gasteiger partial charge on any atom is -0.340 e. The molecule has 1 aliphatic rings. The van der Waals surface area contributed by atoms with Crippen molar-refractivity contribution in [3.63, 3.8) is 0 Å². The average Bonchev–Trinajstić information content (AvgIpc) is 2.98. The van der Waals surface area contributed by atoms with Gasteiger partial charge in [-0.2, -0.15) is 4.98 Å². The lowest BCUT2D eigenvalue weighted by Crippen LogP contribution is -2.36.